The molecule has 4 heteroatoms. The summed E-state index contributed by atoms with van der Waals surface area (Å²) in [5.41, 5.74) is 1.54. The standard InChI is InChI=1S/C18H18O3S/c1-20-17-11-7-14(12-18(17)21-2)16(19)10-6-13-4-8-15(22-3)9-5-13/h4-5,7-9,11-12,16,19H,1-3H3. The summed E-state index contributed by atoms with van der Waals surface area (Å²) in [4.78, 5) is 1.19. The van der Waals surface area contributed by atoms with Crippen LogP contribution in [-0.2, 0) is 0 Å². The third-order valence-corrected chi connectivity index (χ3v) is 3.91. The Morgan fingerprint density at radius 1 is 1.00 bits per heavy atom. The molecule has 0 fully saturated rings. The maximum atomic E-state index is 10.2. The van der Waals surface area contributed by atoms with Gasteiger partial charge in [-0.2, -0.15) is 0 Å². The number of benzene rings is 2. The fourth-order valence-electron chi connectivity index (χ4n) is 1.93. The number of aliphatic hydroxyl groups is 1. The summed E-state index contributed by atoms with van der Waals surface area (Å²) < 4.78 is 10.4. The van der Waals surface area contributed by atoms with Crippen molar-refractivity contribution in [2.45, 2.75) is 11.0 Å². The van der Waals surface area contributed by atoms with Crippen molar-refractivity contribution >= 4 is 11.8 Å². The second-order valence-corrected chi connectivity index (χ2v) is 5.39. The van der Waals surface area contributed by atoms with Crippen LogP contribution in [0.1, 0.15) is 17.2 Å². The maximum Gasteiger partial charge on any atom is 0.161 e. The molecule has 0 aliphatic heterocycles. The summed E-state index contributed by atoms with van der Waals surface area (Å²) in [6.45, 7) is 0. The smallest absolute Gasteiger partial charge is 0.161 e. The number of aliphatic hydroxyl groups excluding tert-OH is 1. The van der Waals surface area contributed by atoms with Crippen LogP contribution in [0.15, 0.2) is 47.4 Å². The lowest BCUT2D eigenvalue weighted by molar-refractivity contribution is 0.237. The largest absolute Gasteiger partial charge is 0.493 e. The van der Waals surface area contributed by atoms with Gasteiger partial charge in [0.25, 0.3) is 0 Å². The Morgan fingerprint density at radius 2 is 1.68 bits per heavy atom. The lowest BCUT2D eigenvalue weighted by atomic mass is 10.1. The van der Waals surface area contributed by atoms with Gasteiger partial charge in [-0.1, -0.05) is 17.9 Å². The topological polar surface area (TPSA) is 38.7 Å². The van der Waals surface area contributed by atoms with Gasteiger partial charge < -0.3 is 14.6 Å². The second-order valence-electron chi connectivity index (χ2n) is 4.51. The van der Waals surface area contributed by atoms with E-state index in [1.807, 2.05) is 30.5 Å². The van der Waals surface area contributed by atoms with Crippen molar-refractivity contribution in [2.24, 2.45) is 0 Å². The molecule has 3 nitrogen and oxygen atoms in total. The summed E-state index contributed by atoms with van der Waals surface area (Å²) in [5.74, 6) is 7.02. The van der Waals surface area contributed by atoms with Gasteiger partial charge in [-0.25, -0.2) is 0 Å². The molecular formula is C18H18O3S. The number of thioether (sulfide) groups is 1. The summed E-state index contributed by atoms with van der Waals surface area (Å²) >= 11 is 1.68. The quantitative estimate of drug-likeness (QED) is 0.692. The lowest BCUT2D eigenvalue weighted by Crippen LogP contribution is -1.97. The highest BCUT2D eigenvalue weighted by atomic mass is 32.2. The molecule has 22 heavy (non-hydrogen) atoms. The Balaban J connectivity index is 2.18. The Kier molecular flexibility index (Phi) is 5.76. The number of hydrogen-bond donors (Lipinski definition) is 1. The fraction of sp³-hybridized carbons (Fsp3) is 0.222. The van der Waals surface area contributed by atoms with Crippen molar-refractivity contribution in [1.82, 2.24) is 0 Å². The van der Waals surface area contributed by atoms with Crippen LogP contribution in [0.5, 0.6) is 11.5 Å². The van der Waals surface area contributed by atoms with Gasteiger partial charge in [-0.3, -0.25) is 0 Å². The molecule has 0 aliphatic rings. The first-order valence-electron chi connectivity index (χ1n) is 6.73. The summed E-state index contributed by atoms with van der Waals surface area (Å²) in [6.07, 6.45) is 1.15. The van der Waals surface area contributed by atoms with E-state index in [2.05, 4.69) is 11.8 Å². The van der Waals surface area contributed by atoms with Crippen LogP contribution in [0.25, 0.3) is 0 Å². The molecule has 2 aromatic carbocycles. The third kappa shape index (κ3) is 3.97. The van der Waals surface area contributed by atoms with E-state index in [4.69, 9.17) is 9.47 Å². The first kappa shape index (κ1) is 16.3. The van der Waals surface area contributed by atoms with E-state index in [1.54, 1.807) is 44.2 Å². The average molecular weight is 314 g/mol. The van der Waals surface area contributed by atoms with E-state index in [-0.39, 0.29) is 0 Å². The third-order valence-electron chi connectivity index (χ3n) is 3.17. The van der Waals surface area contributed by atoms with Crippen molar-refractivity contribution in [3.63, 3.8) is 0 Å². The molecule has 0 saturated carbocycles. The van der Waals surface area contributed by atoms with Crippen LogP contribution >= 0.6 is 11.8 Å². The minimum atomic E-state index is -0.875. The van der Waals surface area contributed by atoms with E-state index < -0.39 is 6.10 Å². The molecule has 0 spiro atoms. The van der Waals surface area contributed by atoms with Crippen molar-refractivity contribution in [1.29, 1.82) is 0 Å². The number of hydrogen-bond acceptors (Lipinski definition) is 4. The maximum absolute atomic E-state index is 10.2. The number of methoxy groups -OCH3 is 2. The van der Waals surface area contributed by atoms with E-state index in [9.17, 15) is 5.11 Å². The van der Waals surface area contributed by atoms with Gasteiger partial charge in [-0.15, -0.1) is 11.8 Å². The molecule has 2 aromatic rings. The van der Waals surface area contributed by atoms with Crippen LogP contribution in [0.2, 0.25) is 0 Å². The number of ether oxygens (including phenoxy) is 2. The van der Waals surface area contributed by atoms with E-state index >= 15 is 0 Å². The zero-order valence-electron chi connectivity index (χ0n) is 12.8. The molecule has 0 saturated heterocycles. The minimum Gasteiger partial charge on any atom is -0.493 e. The van der Waals surface area contributed by atoms with Crippen LogP contribution in [0.4, 0.5) is 0 Å². The first-order valence-corrected chi connectivity index (χ1v) is 7.96. The van der Waals surface area contributed by atoms with Gasteiger partial charge in [-0.05, 0) is 48.2 Å². The van der Waals surface area contributed by atoms with Gasteiger partial charge >= 0.3 is 0 Å². The van der Waals surface area contributed by atoms with Crippen LogP contribution in [0, 0.1) is 11.8 Å². The van der Waals surface area contributed by atoms with Crippen LogP contribution in [-0.4, -0.2) is 25.6 Å². The van der Waals surface area contributed by atoms with Crippen molar-refractivity contribution in [3.05, 3.63) is 53.6 Å². The molecule has 1 unspecified atom stereocenters. The van der Waals surface area contributed by atoms with Gasteiger partial charge in [0.2, 0.25) is 0 Å². The SMILES string of the molecule is COc1ccc(C(O)C#Cc2ccc(SC)cc2)cc1OC. The van der Waals surface area contributed by atoms with Gasteiger partial charge in [0.05, 0.1) is 14.2 Å². The molecule has 1 atom stereocenters. The monoisotopic (exact) mass is 314 g/mol. The normalized spacial score (nSPS) is 11.3. The zero-order chi connectivity index (χ0) is 15.9. The van der Waals surface area contributed by atoms with Gasteiger partial charge in [0.1, 0.15) is 6.10 Å². The first-order chi connectivity index (χ1) is 10.7. The Labute approximate surface area is 135 Å². The van der Waals surface area contributed by atoms with Crippen molar-refractivity contribution in [3.8, 4) is 23.3 Å². The Hall–Kier alpha value is -2.09. The van der Waals surface area contributed by atoms with E-state index in [1.165, 1.54) is 4.90 Å². The molecule has 0 radical (unpaired) electrons. The molecule has 0 amide bonds. The Bertz CT molecular complexity index is 684. The molecule has 114 valence electrons. The van der Waals surface area contributed by atoms with E-state index in [0.717, 1.165) is 5.56 Å². The molecule has 0 aliphatic carbocycles. The molecule has 0 aromatic heterocycles. The summed E-state index contributed by atoms with van der Waals surface area (Å²) in [6, 6.07) is 13.2. The second kappa shape index (κ2) is 7.79. The zero-order valence-corrected chi connectivity index (χ0v) is 13.6. The average Bonchev–Trinajstić information content (AvgIpc) is 2.59. The molecule has 2 rings (SSSR count). The molecule has 0 heterocycles. The summed E-state index contributed by atoms with van der Waals surface area (Å²) in [5, 5.41) is 10.2. The van der Waals surface area contributed by atoms with E-state index in [0.29, 0.717) is 17.1 Å². The highest BCUT2D eigenvalue weighted by Crippen LogP contribution is 2.29. The molecular weight excluding hydrogens is 296 g/mol. The summed E-state index contributed by atoms with van der Waals surface area (Å²) in [7, 11) is 3.14. The van der Waals surface area contributed by atoms with Gasteiger partial charge in [0, 0.05) is 10.5 Å². The highest BCUT2D eigenvalue weighted by Gasteiger charge is 2.09. The van der Waals surface area contributed by atoms with Crippen LogP contribution < -0.4 is 9.47 Å². The van der Waals surface area contributed by atoms with Gasteiger partial charge in [0.15, 0.2) is 11.5 Å². The van der Waals surface area contributed by atoms with Crippen molar-refractivity contribution in [2.75, 3.05) is 20.5 Å². The lowest BCUT2D eigenvalue weighted by Gasteiger charge is -2.10. The Morgan fingerprint density at radius 3 is 2.27 bits per heavy atom. The van der Waals surface area contributed by atoms with Crippen LogP contribution in [0.3, 0.4) is 0 Å². The molecule has 1 N–H and O–H groups in total. The fourth-order valence-corrected chi connectivity index (χ4v) is 2.34. The van der Waals surface area contributed by atoms with Crippen molar-refractivity contribution < 1.29 is 14.6 Å². The predicted molar refractivity (Wildman–Crippen MR) is 89.6 cm³/mol. The highest BCUT2D eigenvalue weighted by molar-refractivity contribution is 7.98. The number of rotatable bonds is 4. The molecule has 0 bridgehead atoms. The predicted octanol–water partition coefficient (Wildman–Crippen LogP) is 3.51. The minimum absolute atomic E-state index is 0.574.